The second-order valence-electron chi connectivity index (χ2n) is 4.77. The number of nitrogens with one attached hydrogen (secondary N) is 2. The average molecular weight is 294 g/mol. The molecule has 0 bridgehead atoms. The van der Waals surface area contributed by atoms with Gasteiger partial charge in [0, 0.05) is 11.9 Å². The van der Waals surface area contributed by atoms with Gasteiger partial charge in [0.2, 0.25) is 0 Å². The zero-order chi connectivity index (χ0) is 15.0. The number of alkyl halides is 3. The van der Waals surface area contributed by atoms with Crippen molar-refractivity contribution in [2.45, 2.75) is 19.3 Å². The highest BCUT2D eigenvalue weighted by Gasteiger charge is 2.31. The highest BCUT2D eigenvalue weighted by Crippen LogP contribution is 2.31. The van der Waals surface area contributed by atoms with E-state index < -0.39 is 11.7 Å². The van der Waals surface area contributed by atoms with Crippen LogP contribution in [0.3, 0.4) is 0 Å². The zero-order valence-corrected chi connectivity index (χ0v) is 11.1. The summed E-state index contributed by atoms with van der Waals surface area (Å²) in [5.41, 5.74) is 3.45. The smallest absolute Gasteiger partial charge is 0.356 e. The molecule has 0 aromatic heterocycles. The Morgan fingerprint density at radius 2 is 2.14 bits per heavy atom. The highest BCUT2D eigenvalue weighted by atomic mass is 19.4. The number of hydrogen-bond donors (Lipinski definition) is 2. The number of aliphatic imine (C=N–C) groups is 1. The number of nitrogens with zero attached hydrogens (tertiary/aromatic N) is 2. The fraction of sp³-hybridized carbons (Fsp3) is 0.214. The van der Waals surface area contributed by atoms with Gasteiger partial charge in [0.05, 0.1) is 11.3 Å². The van der Waals surface area contributed by atoms with E-state index in [0.717, 1.165) is 18.0 Å². The Morgan fingerprint density at radius 1 is 1.33 bits per heavy atom. The Hall–Kier alpha value is -2.44. The molecule has 0 saturated carbocycles. The Kier molecular flexibility index (Phi) is 3.12. The zero-order valence-electron chi connectivity index (χ0n) is 11.1. The van der Waals surface area contributed by atoms with Gasteiger partial charge in [0.1, 0.15) is 5.84 Å². The lowest BCUT2D eigenvalue weighted by molar-refractivity contribution is -0.137. The van der Waals surface area contributed by atoms with Crippen molar-refractivity contribution in [2.24, 2.45) is 4.99 Å². The van der Waals surface area contributed by atoms with E-state index in [1.807, 2.05) is 13.1 Å². The molecular weight excluding hydrogens is 281 g/mol. The molecule has 0 amide bonds. The summed E-state index contributed by atoms with van der Waals surface area (Å²) in [4.78, 5) is 4.39. The monoisotopic (exact) mass is 294 g/mol. The van der Waals surface area contributed by atoms with E-state index in [-0.39, 0.29) is 6.17 Å². The van der Waals surface area contributed by atoms with Crippen molar-refractivity contribution in [2.75, 3.05) is 5.32 Å². The number of allylic oxidation sites excluding steroid dienone is 2. The van der Waals surface area contributed by atoms with E-state index in [2.05, 4.69) is 15.7 Å². The number of halogens is 3. The molecule has 1 unspecified atom stereocenters. The molecule has 0 spiro atoms. The fourth-order valence-electron chi connectivity index (χ4n) is 2.23. The van der Waals surface area contributed by atoms with E-state index in [1.165, 1.54) is 6.07 Å². The largest absolute Gasteiger partial charge is 0.416 e. The molecule has 0 aliphatic carbocycles. The van der Waals surface area contributed by atoms with Crippen molar-refractivity contribution < 1.29 is 13.2 Å². The van der Waals surface area contributed by atoms with Crippen molar-refractivity contribution in [3.8, 4) is 0 Å². The van der Waals surface area contributed by atoms with Gasteiger partial charge in [-0.3, -0.25) is 10.4 Å². The van der Waals surface area contributed by atoms with Crippen molar-refractivity contribution in [1.29, 1.82) is 0 Å². The van der Waals surface area contributed by atoms with Crippen molar-refractivity contribution in [3.63, 3.8) is 0 Å². The lowest BCUT2D eigenvalue weighted by Gasteiger charge is -2.26. The van der Waals surface area contributed by atoms with Gasteiger partial charge in [-0.05, 0) is 37.3 Å². The molecule has 1 aromatic carbocycles. The number of rotatable bonds is 2. The first-order valence-electron chi connectivity index (χ1n) is 6.35. The normalized spacial score (nSPS) is 20.6. The van der Waals surface area contributed by atoms with E-state index in [9.17, 15) is 13.2 Å². The maximum Gasteiger partial charge on any atom is 0.416 e. The van der Waals surface area contributed by atoms with E-state index in [1.54, 1.807) is 23.2 Å². The molecule has 21 heavy (non-hydrogen) atoms. The maximum absolute atomic E-state index is 12.7. The molecule has 4 nitrogen and oxygen atoms in total. The van der Waals surface area contributed by atoms with E-state index in [4.69, 9.17) is 0 Å². The molecular formula is C14H13F3N4. The van der Waals surface area contributed by atoms with Crippen LogP contribution in [0.25, 0.3) is 0 Å². The van der Waals surface area contributed by atoms with Crippen molar-refractivity contribution in [3.05, 3.63) is 53.9 Å². The number of anilines is 1. The Balaban J connectivity index is 1.84. The molecule has 110 valence electrons. The number of fused-ring (bicyclic) bond motifs is 1. The van der Waals surface area contributed by atoms with Crippen LogP contribution in [0.1, 0.15) is 12.5 Å². The van der Waals surface area contributed by atoms with Gasteiger partial charge in [-0.1, -0.05) is 6.07 Å². The second kappa shape index (κ2) is 4.83. The van der Waals surface area contributed by atoms with Gasteiger partial charge in [0.15, 0.2) is 6.17 Å². The quantitative estimate of drug-likeness (QED) is 0.880. The lowest BCUT2D eigenvalue weighted by atomic mass is 10.1. The summed E-state index contributed by atoms with van der Waals surface area (Å²) in [6.07, 6.45) is 0.777. The van der Waals surface area contributed by atoms with Crippen LogP contribution >= 0.6 is 0 Å². The minimum atomic E-state index is -4.35. The molecule has 1 aromatic rings. The van der Waals surface area contributed by atoms with Gasteiger partial charge in [-0.25, -0.2) is 4.99 Å². The summed E-state index contributed by atoms with van der Waals surface area (Å²) >= 11 is 0. The van der Waals surface area contributed by atoms with Crippen LogP contribution in [-0.4, -0.2) is 17.0 Å². The summed E-state index contributed by atoms with van der Waals surface area (Å²) < 4.78 is 38.2. The molecule has 0 saturated heterocycles. The third-order valence-electron chi connectivity index (χ3n) is 3.15. The Bertz CT molecular complexity index is 646. The van der Waals surface area contributed by atoms with Gasteiger partial charge in [-0.2, -0.15) is 13.2 Å². The first kappa shape index (κ1) is 13.5. The fourth-order valence-corrected chi connectivity index (χ4v) is 2.23. The second-order valence-corrected chi connectivity index (χ2v) is 4.77. The third kappa shape index (κ3) is 2.72. The summed E-state index contributed by atoms with van der Waals surface area (Å²) in [5, 5.41) is 4.79. The first-order valence-corrected chi connectivity index (χ1v) is 6.35. The summed E-state index contributed by atoms with van der Waals surface area (Å²) in [6.45, 7) is 1.83. The first-order chi connectivity index (χ1) is 9.93. The molecule has 3 rings (SSSR count). The SMILES string of the molecule is CC1=NC2C(Nc3cccc(C(F)(F)F)c3)=CC=CN2N1. The Labute approximate surface area is 119 Å². The molecule has 2 heterocycles. The standard InChI is InChI=1S/C14H13F3N4/c1-9-18-13-12(6-3-7-21(13)20-9)19-11-5-2-4-10(8-11)14(15,16)17/h2-8,13,19H,1H3,(H,18,20). The van der Waals surface area contributed by atoms with Crippen LogP contribution in [-0.2, 0) is 6.18 Å². The van der Waals surface area contributed by atoms with Crippen LogP contribution in [0, 0.1) is 0 Å². The average Bonchev–Trinajstić information content (AvgIpc) is 2.80. The molecule has 2 N–H and O–H groups in total. The van der Waals surface area contributed by atoms with Crippen molar-refractivity contribution in [1.82, 2.24) is 10.4 Å². The topological polar surface area (TPSA) is 39.7 Å². The number of benzene rings is 1. The predicted octanol–water partition coefficient (Wildman–Crippen LogP) is 3.09. The molecule has 0 radical (unpaired) electrons. The molecule has 7 heteroatoms. The molecule has 0 fully saturated rings. The summed E-state index contributed by atoms with van der Waals surface area (Å²) in [7, 11) is 0. The summed E-state index contributed by atoms with van der Waals surface area (Å²) in [6, 6.07) is 5.11. The van der Waals surface area contributed by atoms with Crippen LogP contribution in [0.2, 0.25) is 0 Å². The van der Waals surface area contributed by atoms with E-state index >= 15 is 0 Å². The van der Waals surface area contributed by atoms with Crippen LogP contribution in [0.4, 0.5) is 18.9 Å². The van der Waals surface area contributed by atoms with Gasteiger partial charge in [0.25, 0.3) is 0 Å². The van der Waals surface area contributed by atoms with Crippen LogP contribution in [0.15, 0.2) is 53.3 Å². The lowest BCUT2D eigenvalue weighted by Crippen LogP contribution is -2.39. The minimum absolute atomic E-state index is 0.287. The van der Waals surface area contributed by atoms with E-state index in [0.29, 0.717) is 11.4 Å². The minimum Gasteiger partial charge on any atom is -0.356 e. The third-order valence-corrected chi connectivity index (χ3v) is 3.15. The predicted molar refractivity (Wildman–Crippen MR) is 74.2 cm³/mol. The van der Waals surface area contributed by atoms with Gasteiger partial charge in [-0.15, -0.1) is 0 Å². The van der Waals surface area contributed by atoms with Crippen molar-refractivity contribution >= 4 is 11.5 Å². The molecule has 2 aliphatic heterocycles. The number of hydrazine groups is 1. The maximum atomic E-state index is 12.7. The van der Waals surface area contributed by atoms with Crippen LogP contribution in [0.5, 0.6) is 0 Å². The Morgan fingerprint density at radius 3 is 2.90 bits per heavy atom. The molecule has 2 aliphatic rings. The number of hydrogen-bond acceptors (Lipinski definition) is 4. The van der Waals surface area contributed by atoms with Gasteiger partial charge >= 0.3 is 6.18 Å². The van der Waals surface area contributed by atoms with Crippen LogP contribution < -0.4 is 10.7 Å². The summed E-state index contributed by atoms with van der Waals surface area (Å²) in [5.74, 6) is 0.753. The number of amidine groups is 1. The highest BCUT2D eigenvalue weighted by molar-refractivity contribution is 5.81. The van der Waals surface area contributed by atoms with Gasteiger partial charge < -0.3 is 5.32 Å². The molecule has 1 atom stereocenters.